The van der Waals surface area contributed by atoms with Crippen molar-refractivity contribution in [3.63, 3.8) is 0 Å². The number of amidine groups is 1. The van der Waals surface area contributed by atoms with Crippen LogP contribution in [-0.4, -0.2) is 12.0 Å². The highest BCUT2D eigenvalue weighted by atomic mass is 16.3. The lowest BCUT2D eigenvalue weighted by Gasteiger charge is -2.33. The van der Waals surface area contributed by atoms with Crippen molar-refractivity contribution in [3.05, 3.63) is 259 Å². The fourth-order valence-corrected chi connectivity index (χ4v) is 9.77. The minimum absolute atomic E-state index is 0.296. The van der Waals surface area contributed by atoms with Gasteiger partial charge in [0.1, 0.15) is 29.3 Å². The Morgan fingerprint density at radius 2 is 0.971 bits per heavy atom. The molecule has 2 unspecified atom stereocenters. The highest BCUT2D eigenvalue weighted by Gasteiger charge is 2.31. The van der Waals surface area contributed by atoms with Crippen molar-refractivity contribution >= 4 is 44.8 Å². The second kappa shape index (κ2) is 18.0. The molecule has 2 atom stereocenters. The average molecular weight is 877 g/mol. The van der Waals surface area contributed by atoms with Gasteiger partial charge in [-0.3, -0.25) is 5.32 Å². The Balaban J connectivity index is 1.01. The minimum atomic E-state index is -0.356. The predicted molar refractivity (Wildman–Crippen MR) is 282 cm³/mol. The molecule has 0 fully saturated rings. The number of para-hydroxylation sites is 1. The number of benzene rings is 9. The van der Waals surface area contributed by atoms with E-state index in [1.807, 2.05) is 0 Å². The Kier molecular flexibility index (Phi) is 10.9. The summed E-state index contributed by atoms with van der Waals surface area (Å²) in [5, 5.41) is 9.94. The summed E-state index contributed by atoms with van der Waals surface area (Å²) in [4.78, 5) is 7.83. The minimum Gasteiger partial charge on any atom is -0.456 e. The Hall–Kier alpha value is -8.51. The molecule has 0 radical (unpaired) electrons. The van der Waals surface area contributed by atoms with Crippen molar-refractivity contribution in [3.8, 4) is 44.5 Å². The van der Waals surface area contributed by atoms with Crippen LogP contribution in [0.15, 0.2) is 258 Å². The van der Waals surface area contributed by atoms with Crippen LogP contribution in [0.2, 0.25) is 0 Å². The maximum Gasteiger partial charge on any atom is 0.144 e. The molecule has 5 nitrogen and oxygen atoms in total. The van der Waals surface area contributed by atoms with E-state index in [1.165, 1.54) is 11.1 Å². The zero-order valence-corrected chi connectivity index (χ0v) is 37.5. The van der Waals surface area contributed by atoms with Gasteiger partial charge in [0.25, 0.3) is 0 Å². The fraction of sp³-hybridized carbons (Fsp3) is 0.0635. The number of furan rings is 1. The fourth-order valence-electron chi connectivity index (χ4n) is 9.77. The van der Waals surface area contributed by atoms with Gasteiger partial charge in [-0.2, -0.15) is 0 Å². The molecule has 0 saturated carbocycles. The topological polar surface area (TPSA) is 52.8 Å². The number of hydrogen-bond acceptors (Lipinski definition) is 5. The summed E-state index contributed by atoms with van der Waals surface area (Å²) >= 11 is 0. The van der Waals surface area contributed by atoms with Crippen LogP contribution in [0.25, 0.3) is 66.4 Å². The van der Waals surface area contributed by atoms with E-state index in [2.05, 4.69) is 258 Å². The van der Waals surface area contributed by atoms with E-state index in [0.29, 0.717) is 0 Å². The molecule has 2 aliphatic rings. The van der Waals surface area contributed by atoms with Gasteiger partial charge in [0.15, 0.2) is 0 Å². The van der Waals surface area contributed by atoms with E-state index in [0.717, 1.165) is 108 Å². The monoisotopic (exact) mass is 876 g/mol. The quantitative estimate of drug-likeness (QED) is 0.144. The van der Waals surface area contributed by atoms with Crippen LogP contribution in [0.3, 0.4) is 0 Å². The summed E-state index contributed by atoms with van der Waals surface area (Å²) in [6.45, 7) is 0. The first-order valence-corrected chi connectivity index (χ1v) is 23.5. The van der Waals surface area contributed by atoms with Gasteiger partial charge in [-0.15, -0.1) is 0 Å². The summed E-state index contributed by atoms with van der Waals surface area (Å²) in [5.41, 5.74) is 17.2. The van der Waals surface area contributed by atoms with Gasteiger partial charge in [0.2, 0.25) is 0 Å². The smallest absolute Gasteiger partial charge is 0.144 e. The second-order valence-corrected chi connectivity index (χ2v) is 17.5. The maximum atomic E-state index is 7.05. The summed E-state index contributed by atoms with van der Waals surface area (Å²) in [7, 11) is 0. The molecule has 2 heterocycles. The average Bonchev–Trinajstić information content (AvgIpc) is 3.82. The number of fused-ring (bicyclic) bond motifs is 3. The van der Waals surface area contributed by atoms with Gasteiger partial charge in [0, 0.05) is 27.9 Å². The van der Waals surface area contributed by atoms with Gasteiger partial charge >= 0.3 is 0 Å². The van der Waals surface area contributed by atoms with Crippen molar-refractivity contribution in [2.24, 2.45) is 4.99 Å². The summed E-state index contributed by atoms with van der Waals surface area (Å²) in [6.07, 6.45) is 8.15. The van der Waals surface area contributed by atoms with Crippen molar-refractivity contribution < 1.29 is 4.42 Å². The molecule has 9 aromatic carbocycles. The van der Waals surface area contributed by atoms with Gasteiger partial charge in [0.05, 0.1) is 11.1 Å². The van der Waals surface area contributed by atoms with Gasteiger partial charge in [-0.25, -0.2) is 4.99 Å². The van der Waals surface area contributed by atoms with E-state index in [1.54, 1.807) is 0 Å². The molecule has 1 aliphatic carbocycles. The van der Waals surface area contributed by atoms with E-state index in [9.17, 15) is 0 Å². The molecular formula is C63H48N4O. The van der Waals surface area contributed by atoms with Crippen LogP contribution in [-0.2, 0) is 0 Å². The highest BCUT2D eigenvalue weighted by molar-refractivity contribution is 6.14. The number of aliphatic imine (C=N–C) groups is 1. The lowest BCUT2D eigenvalue weighted by molar-refractivity contribution is 0.432. The van der Waals surface area contributed by atoms with Crippen molar-refractivity contribution in [2.45, 2.75) is 25.2 Å². The lowest BCUT2D eigenvalue weighted by atomic mass is 9.95. The number of nitrogens with one attached hydrogen (secondary N) is 2. The van der Waals surface area contributed by atoms with E-state index < -0.39 is 0 Å². The van der Waals surface area contributed by atoms with Gasteiger partial charge < -0.3 is 14.6 Å². The lowest BCUT2D eigenvalue weighted by Crippen LogP contribution is -2.49. The Labute approximate surface area is 397 Å². The molecule has 2 N–H and O–H groups in total. The molecule has 68 heavy (non-hydrogen) atoms. The largest absolute Gasteiger partial charge is 0.456 e. The number of rotatable bonds is 10. The summed E-state index contributed by atoms with van der Waals surface area (Å²) in [5.74, 6) is 0.820. The third-order valence-electron chi connectivity index (χ3n) is 13.2. The molecule has 0 saturated heterocycles. The van der Waals surface area contributed by atoms with Crippen molar-refractivity contribution in [1.82, 2.24) is 10.6 Å². The molecular weight excluding hydrogens is 829 g/mol. The van der Waals surface area contributed by atoms with E-state index >= 15 is 0 Å². The van der Waals surface area contributed by atoms with E-state index in [-0.39, 0.29) is 12.3 Å². The van der Waals surface area contributed by atoms with Crippen LogP contribution in [0.5, 0.6) is 0 Å². The maximum absolute atomic E-state index is 7.05. The van der Waals surface area contributed by atoms with Crippen LogP contribution < -0.4 is 15.5 Å². The molecule has 326 valence electrons. The Morgan fingerprint density at radius 1 is 0.471 bits per heavy atom. The number of allylic oxidation sites excluding steroid dienone is 2. The molecule has 1 aromatic heterocycles. The Bertz CT molecular complexity index is 3350. The third kappa shape index (κ3) is 7.99. The third-order valence-corrected chi connectivity index (χ3v) is 13.2. The van der Waals surface area contributed by atoms with Gasteiger partial charge in [-0.1, -0.05) is 182 Å². The summed E-state index contributed by atoms with van der Waals surface area (Å²) in [6, 6.07) is 79.8. The molecule has 1 aliphatic heterocycles. The highest BCUT2D eigenvalue weighted by Crippen LogP contribution is 2.46. The van der Waals surface area contributed by atoms with E-state index in [4.69, 9.17) is 9.41 Å². The molecule has 0 spiro atoms. The second-order valence-electron chi connectivity index (χ2n) is 17.5. The predicted octanol–water partition coefficient (Wildman–Crippen LogP) is 16.0. The first-order valence-electron chi connectivity index (χ1n) is 23.5. The van der Waals surface area contributed by atoms with Crippen molar-refractivity contribution in [1.29, 1.82) is 0 Å². The van der Waals surface area contributed by atoms with Crippen LogP contribution in [0.1, 0.15) is 30.1 Å². The number of nitrogens with zero attached hydrogens (tertiary/aromatic N) is 2. The molecule has 12 rings (SSSR count). The molecule has 10 aromatic rings. The van der Waals surface area contributed by atoms with Crippen LogP contribution in [0, 0.1) is 0 Å². The van der Waals surface area contributed by atoms with Crippen molar-refractivity contribution in [2.75, 3.05) is 4.90 Å². The first-order chi connectivity index (χ1) is 33.7. The first kappa shape index (κ1) is 41.0. The number of anilines is 3. The standard InChI is InChI=1S/C63H48N4O/c1-6-18-43(19-7-1)47-30-34-53(35-31-47)67(54-36-32-48(33-37-54)44-20-8-2-9-21-44)57-39-38-56(60-59(57)55-28-16-17-29-58(55)68-60)63-65-61(49-26-14-5-15-27-49)64-62(66-63)52-41-50(45-22-10-3-11-23-45)40-51(42-52)46-24-12-4-13-25-46/h1-4,6-14,16-42,61,63,65H,5,15H2,(H,64,66). The molecule has 0 bridgehead atoms. The number of hydrogen-bond donors (Lipinski definition) is 2. The zero-order valence-electron chi connectivity index (χ0n) is 37.5. The SMILES string of the molecule is C1=CC(C2N=C(c3cc(-c4ccccc4)cc(-c4ccccc4)c3)NC(c3ccc(N(c4ccc(-c5ccccc5)cc4)c4ccc(-c5ccccc5)cc4)c4c3oc3ccccc34)N2)=CCC1. The normalized spacial score (nSPS) is 15.7. The summed E-state index contributed by atoms with van der Waals surface area (Å²) < 4.78 is 7.05. The Morgan fingerprint density at radius 3 is 1.51 bits per heavy atom. The van der Waals surface area contributed by atoms with Gasteiger partial charge in [-0.05, 0) is 124 Å². The zero-order chi connectivity index (χ0) is 45.2. The molecule has 5 heteroatoms. The van der Waals surface area contributed by atoms with Crippen LogP contribution >= 0.6 is 0 Å². The molecule has 0 amide bonds. The van der Waals surface area contributed by atoms with Crippen LogP contribution in [0.4, 0.5) is 17.1 Å².